The molecule has 1 heterocycles. The highest BCUT2D eigenvalue weighted by molar-refractivity contribution is 5.76. The van der Waals surface area contributed by atoms with Crippen molar-refractivity contribution in [1.29, 1.82) is 0 Å². The molecule has 1 atom stereocenters. The zero-order valence-corrected chi connectivity index (χ0v) is 12.0. The minimum Gasteiger partial charge on any atom is -0.488 e. The summed E-state index contributed by atoms with van der Waals surface area (Å²) in [7, 11) is 0. The van der Waals surface area contributed by atoms with E-state index in [0.29, 0.717) is 6.61 Å². The van der Waals surface area contributed by atoms with Crippen LogP contribution in [0.25, 0.3) is 6.08 Å². The molecule has 20 heavy (non-hydrogen) atoms. The van der Waals surface area contributed by atoms with Crippen LogP contribution in [0.5, 0.6) is 5.75 Å². The summed E-state index contributed by atoms with van der Waals surface area (Å²) in [6.45, 7) is 5.72. The van der Waals surface area contributed by atoms with E-state index in [2.05, 4.69) is 5.92 Å². The summed E-state index contributed by atoms with van der Waals surface area (Å²) in [6.07, 6.45) is 6.74. The number of para-hydroxylation sites is 1. The number of hydrogen-bond acceptors (Lipinski definition) is 3. The van der Waals surface area contributed by atoms with Crippen molar-refractivity contribution in [2.45, 2.75) is 26.9 Å². The van der Waals surface area contributed by atoms with Crippen molar-refractivity contribution in [3.8, 4) is 18.1 Å². The molecule has 0 bridgehead atoms. The van der Waals surface area contributed by atoms with E-state index in [1.165, 1.54) is 0 Å². The Morgan fingerprint density at radius 1 is 1.40 bits per heavy atom. The molecule has 0 saturated carbocycles. The van der Waals surface area contributed by atoms with Crippen LogP contribution >= 0.6 is 0 Å². The molecule has 0 aliphatic carbocycles. The van der Waals surface area contributed by atoms with Crippen LogP contribution in [0.3, 0.4) is 0 Å². The van der Waals surface area contributed by atoms with E-state index in [0.717, 1.165) is 16.9 Å². The Morgan fingerprint density at radius 2 is 2.10 bits per heavy atom. The smallest absolute Gasteiger partial charge is 0.312 e. The molecule has 0 radical (unpaired) electrons. The molecule has 0 amide bonds. The van der Waals surface area contributed by atoms with Gasteiger partial charge < -0.3 is 9.47 Å². The fraction of sp³-hybridized carbons (Fsp3) is 0.353. The maximum absolute atomic E-state index is 11.9. The van der Waals surface area contributed by atoms with Crippen LogP contribution in [0.2, 0.25) is 0 Å². The third kappa shape index (κ3) is 3.03. The number of fused-ring (bicyclic) bond motifs is 1. The Balaban J connectivity index is 2.21. The van der Waals surface area contributed by atoms with Gasteiger partial charge in [0.05, 0.1) is 5.41 Å². The first-order valence-corrected chi connectivity index (χ1v) is 6.51. The molecule has 3 nitrogen and oxygen atoms in total. The molecular weight excluding hydrogens is 252 g/mol. The van der Waals surface area contributed by atoms with E-state index in [4.69, 9.17) is 15.9 Å². The van der Waals surface area contributed by atoms with Crippen LogP contribution in [0, 0.1) is 17.8 Å². The minimum atomic E-state index is -0.685. The SMILES string of the molecule is C#CC(OC(=O)C(C)(C)C)C1=Cc2ccccc2OC1. The van der Waals surface area contributed by atoms with E-state index in [-0.39, 0.29) is 5.97 Å². The average molecular weight is 270 g/mol. The molecule has 0 fully saturated rings. The number of ether oxygens (including phenoxy) is 2. The number of esters is 1. The summed E-state index contributed by atoms with van der Waals surface area (Å²) in [6, 6.07) is 7.67. The van der Waals surface area contributed by atoms with Crippen molar-refractivity contribution in [2.75, 3.05) is 6.61 Å². The van der Waals surface area contributed by atoms with Crippen LogP contribution in [0.4, 0.5) is 0 Å². The van der Waals surface area contributed by atoms with Crippen LogP contribution in [0.15, 0.2) is 29.8 Å². The summed E-state index contributed by atoms with van der Waals surface area (Å²) in [5.41, 5.74) is 1.15. The molecule has 0 saturated heterocycles. The van der Waals surface area contributed by atoms with Crippen molar-refractivity contribution in [2.24, 2.45) is 5.41 Å². The Labute approximate surface area is 119 Å². The van der Waals surface area contributed by atoms with E-state index in [1.54, 1.807) is 20.8 Å². The van der Waals surface area contributed by atoms with E-state index < -0.39 is 11.5 Å². The lowest BCUT2D eigenvalue weighted by molar-refractivity contribution is -0.154. The predicted molar refractivity (Wildman–Crippen MR) is 78.1 cm³/mol. The molecule has 1 aliphatic heterocycles. The first kappa shape index (κ1) is 14.2. The van der Waals surface area contributed by atoms with Gasteiger partial charge in [0.25, 0.3) is 0 Å². The Bertz CT molecular complexity index is 585. The second-order valence-electron chi connectivity index (χ2n) is 5.75. The van der Waals surface area contributed by atoms with Gasteiger partial charge in [0.1, 0.15) is 12.4 Å². The minimum absolute atomic E-state index is 0.319. The number of carbonyl (C=O) groups excluding carboxylic acids is 1. The monoisotopic (exact) mass is 270 g/mol. The van der Waals surface area contributed by atoms with Crippen LogP contribution in [0.1, 0.15) is 26.3 Å². The first-order valence-electron chi connectivity index (χ1n) is 6.51. The molecule has 1 aliphatic rings. The fourth-order valence-corrected chi connectivity index (χ4v) is 1.79. The summed E-state index contributed by atoms with van der Waals surface area (Å²) < 4.78 is 11.0. The maximum atomic E-state index is 11.9. The molecule has 1 aromatic carbocycles. The van der Waals surface area contributed by atoms with Gasteiger partial charge in [0.2, 0.25) is 0 Å². The van der Waals surface area contributed by atoms with Gasteiger partial charge in [0.15, 0.2) is 6.10 Å². The molecule has 0 spiro atoms. The number of hydrogen-bond donors (Lipinski definition) is 0. The predicted octanol–water partition coefficient (Wildman–Crippen LogP) is 3.05. The highest BCUT2D eigenvalue weighted by Crippen LogP contribution is 2.28. The van der Waals surface area contributed by atoms with Gasteiger partial charge in [-0.15, -0.1) is 6.42 Å². The zero-order valence-electron chi connectivity index (χ0n) is 12.0. The first-order chi connectivity index (χ1) is 9.41. The average Bonchev–Trinajstić information content (AvgIpc) is 2.43. The van der Waals surface area contributed by atoms with Crippen molar-refractivity contribution in [1.82, 2.24) is 0 Å². The third-order valence-electron chi connectivity index (χ3n) is 2.98. The van der Waals surface area contributed by atoms with E-state index >= 15 is 0 Å². The van der Waals surface area contributed by atoms with Gasteiger partial charge in [0, 0.05) is 11.1 Å². The normalized spacial score (nSPS) is 15.2. The van der Waals surface area contributed by atoms with Crippen LogP contribution in [-0.2, 0) is 9.53 Å². The van der Waals surface area contributed by atoms with Crippen LogP contribution < -0.4 is 4.74 Å². The molecule has 0 N–H and O–H groups in total. The second kappa shape index (κ2) is 5.42. The highest BCUT2D eigenvalue weighted by atomic mass is 16.5. The Morgan fingerprint density at radius 3 is 2.75 bits per heavy atom. The van der Waals surface area contributed by atoms with Gasteiger partial charge in [-0.25, -0.2) is 0 Å². The summed E-state index contributed by atoms with van der Waals surface area (Å²) in [5, 5.41) is 0. The van der Waals surface area contributed by atoms with Gasteiger partial charge in [-0.05, 0) is 32.9 Å². The second-order valence-corrected chi connectivity index (χ2v) is 5.75. The molecule has 3 heteroatoms. The Hall–Kier alpha value is -2.21. The number of benzene rings is 1. The molecular formula is C17H18O3. The third-order valence-corrected chi connectivity index (χ3v) is 2.98. The standard InChI is InChI=1S/C17H18O3/c1-5-14(20-16(18)17(2,3)4)13-10-12-8-6-7-9-15(12)19-11-13/h1,6-10,14H,11H2,2-4H3. The van der Waals surface area contributed by atoms with Crippen molar-refractivity contribution in [3.63, 3.8) is 0 Å². The topological polar surface area (TPSA) is 35.5 Å². The lowest BCUT2D eigenvalue weighted by Gasteiger charge is -2.24. The lowest BCUT2D eigenvalue weighted by atomic mass is 9.97. The van der Waals surface area contributed by atoms with Gasteiger partial charge in [-0.3, -0.25) is 4.79 Å². The van der Waals surface area contributed by atoms with Gasteiger partial charge in [-0.1, -0.05) is 24.1 Å². The quantitative estimate of drug-likeness (QED) is 0.612. The zero-order chi connectivity index (χ0) is 14.8. The summed E-state index contributed by atoms with van der Waals surface area (Å²) in [4.78, 5) is 11.9. The summed E-state index contributed by atoms with van der Waals surface area (Å²) in [5.74, 6) is 3.01. The lowest BCUT2D eigenvalue weighted by Crippen LogP contribution is -2.30. The van der Waals surface area contributed by atoms with Crippen molar-refractivity contribution >= 4 is 12.0 Å². The molecule has 104 valence electrons. The number of carbonyl (C=O) groups is 1. The van der Waals surface area contributed by atoms with E-state index in [9.17, 15) is 4.79 Å². The Kier molecular flexibility index (Phi) is 3.85. The molecule has 1 aromatic rings. The van der Waals surface area contributed by atoms with Crippen LogP contribution in [-0.4, -0.2) is 18.7 Å². The van der Waals surface area contributed by atoms with Gasteiger partial charge in [-0.2, -0.15) is 0 Å². The largest absolute Gasteiger partial charge is 0.488 e. The maximum Gasteiger partial charge on any atom is 0.312 e. The fourth-order valence-electron chi connectivity index (χ4n) is 1.79. The van der Waals surface area contributed by atoms with Gasteiger partial charge >= 0.3 is 5.97 Å². The van der Waals surface area contributed by atoms with Crippen molar-refractivity contribution in [3.05, 3.63) is 35.4 Å². The number of rotatable bonds is 2. The molecule has 0 aromatic heterocycles. The molecule has 1 unspecified atom stereocenters. The number of terminal acetylenes is 1. The van der Waals surface area contributed by atoms with E-state index in [1.807, 2.05) is 30.3 Å². The summed E-state index contributed by atoms with van der Waals surface area (Å²) >= 11 is 0. The van der Waals surface area contributed by atoms with Crippen molar-refractivity contribution < 1.29 is 14.3 Å². The highest BCUT2D eigenvalue weighted by Gasteiger charge is 2.28. The molecule has 2 rings (SSSR count).